The van der Waals surface area contributed by atoms with E-state index in [0.717, 1.165) is 5.92 Å². The van der Waals surface area contributed by atoms with E-state index in [1.807, 2.05) is 0 Å². The van der Waals surface area contributed by atoms with Crippen LogP contribution in [-0.2, 0) is 0 Å². The molecule has 0 bridgehead atoms. The molecule has 0 saturated carbocycles. The van der Waals surface area contributed by atoms with Crippen LogP contribution in [0.4, 0.5) is 0 Å². The summed E-state index contributed by atoms with van der Waals surface area (Å²) in [7, 11) is 2.07. The van der Waals surface area contributed by atoms with Crippen LogP contribution in [0.3, 0.4) is 0 Å². The molecule has 0 aromatic heterocycles. The van der Waals surface area contributed by atoms with Gasteiger partial charge in [0.2, 0.25) is 0 Å². The number of nitrogens with zero attached hydrogens (tertiary/aromatic N) is 1. The molecular weight excluding hydrogens is 172 g/mol. The molecule has 1 rings (SSSR count). The molecule has 0 aromatic rings. The highest BCUT2D eigenvalue weighted by atomic mass is 15.2. The van der Waals surface area contributed by atoms with Gasteiger partial charge in [0.25, 0.3) is 0 Å². The van der Waals surface area contributed by atoms with Crippen molar-refractivity contribution >= 4 is 0 Å². The number of nitrogens with one attached hydrogen (secondary N) is 1. The lowest BCUT2D eigenvalue weighted by Gasteiger charge is -2.35. The van der Waals surface area contributed by atoms with Crippen LogP contribution in [0.15, 0.2) is 0 Å². The summed E-state index contributed by atoms with van der Waals surface area (Å²) < 4.78 is 0. The molecule has 1 aliphatic heterocycles. The van der Waals surface area contributed by atoms with Gasteiger partial charge >= 0.3 is 0 Å². The summed E-state index contributed by atoms with van der Waals surface area (Å²) in [6.45, 7) is 14.0. The van der Waals surface area contributed by atoms with Gasteiger partial charge in [-0.25, -0.2) is 0 Å². The number of hydrogen-bond donors (Lipinski definition) is 1. The molecule has 0 spiro atoms. The molecule has 0 radical (unpaired) electrons. The monoisotopic (exact) mass is 198 g/mol. The van der Waals surface area contributed by atoms with E-state index >= 15 is 0 Å². The molecular formula is C12H26N2. The molecule has 1 saturated heterocycles. The minimum atomic E-state index is 0.278. The van der Waals surface area contributed by atoms with Gasteiger partial charge < -0.3 is 5.32 Å². The predicted octanol–water partition coefficient (Wildman–Crippen LogP) is 2.10. The molecule has 2 heteroatoms. The van der Waals surface area contributed by atoms with Crippen molar-refractivity contribution in [2.75, 3.05) is 20.1 Å². The first-order valence-corrected chi connectivity index (χ1v) is 5.71. The van der Waals surface area contributed by atoms with E-state index in [0.29, 0.717) is 5.54 Å². The predicted molar refractivity (Wildman–Crippen MR) is 62.6 cm³/mol. The van der Waals surface area contributed by atoms with Gasteiger partial charge in [-0.1, -0.05) is 0 Å². The van der Waals surface area contributed by atoms with Gasteiger partial charge in [0.15, 0.2) is 0 Å². The Morgan fingerprint density at radius 1 is 1.14 bits per heavy atom. The highest BCUT2D eigenvalue weighted by molar-refractivity contribution is 4.94. The summed E-state index contributed by atoms with van der Waals surface area (Å²) in [5.41, 5.74) is 0.610. The standard InChI is InChI=1S/C12H26N2/c1-11(2,3)14-8-7-10(9-14)12(4,5)13-6/h10,13H,7-9H2,1-6H3. The smallest absolute Gasteiger partial charge is 0.0163 e. The fourth-order valence-electron chi connectivity index (χ4n) is 2.16. The van der Waals surface area contributed by atoms with Crippen LogP contribution < -0.4 is 5.32 Å². The van der Waals surface area contributed by atoms with Crippen molar-refractivity contribution in [3.63, 3.8) is 0 Å². The molecule has 0 amide bonds. The molecule has 1 aliphatic rings. The highest BCUT2D eigenvalue weighted by Gasteiger charge is 2.37. The van der Waals surface area contributed by atoms with Crippen LogP contribution in [0, 0.1) is 5.92 Å². The fourth-order valence-corrected chi connectivity index (χ4v) is 2.16. The lowest BCUT2D eigenvalue weighted by Crippen LogP contribution is -2.47. The van der Waals surface area contributed by atoms with Gasteiger partial charge in [0.05, 0.1) is 0 Å². The summed E-state index contributed by atoms with van der Waals surface area (Å²) in [6, 6.07) is 0. The van der Waals surface area contributed by atoms with Crippen LogP contribution in [0.1, 0.15) is 41.0 Å². The van der Waals surface area contributed by atoms with Crippen LogP contribution >= 0.6 is 0 Å². The van der Waals surface area contributed by atoms with E-state index in [4.69, 9.17) is 0 Å². The summed E-state index contributed by atoms with van der Waals surface area (Å²) in [4.78, 5) is 2.59. The molecule has 1 N–H and O–H groups in total. The maximum absolute atomic E-state index is 3.43. The van der Waals surface area contributed by atoms with Crippen LogP contribution in [-0.4, -0.2) is 36.1 Å². The van der Waals surface area contributed by atoms with Gasteiger partial charge in [-0.3, -0.25) is 4.90 Å². The summed E-state index contributed by atoms with van der Waals surface area (Å²) in [5, 5.41) is 3.43. The van der Waals surface area contributed by atoms with Crippen LogP contribution in [0.25, 0.3) is 0 Å². The van der Waals surface area contributed by atoms with Crippen molar-refractivity contribution in [1.82, 2.24) is 10.2 Å². The fraction of sp³-hybridized carbons (Fsp3) is 1.00. The Labute approximate surface area is 89.1 Å². The molecule has 0 aliphatic carbocycles. The lowest BCUT2D eigenvalue weighted by molar-refractivity contribution is 0.155. The Morgan fingerprint density at radius 3 is 2.07 bits per heavy atom. The Balaban J connectivity index is 2.58. The van der Waals surface area contributed by atoms with Crippen LogP contribution in [0.5, 0.6) is 0 Å². The minimum Gasteiger partial charge on any atom is -0.314 e. The molecule has 14 heavy (non-hydrogen) atoms. The van der Waals surface area contributed by atoms with Gasteiger partial charge in [0.1, 0.15) is 0 Å². The number of rotatable bonds is 2. The molecule has 1 heterocycles. The van der Waals surface area contributed by atoms with Crippen molar-refractivity contribution in [2.45, 2.75) is 52.1 Å². The average Bonchev–Trinajstić information content (AvgIpc) is 2.51. The average molecular weight is 198 g/mol. The third-order valence-corrected chi connectivity index (χ3v) is 3.80. The number of hydrogen-bond acceptors (Lipinski definition) is 2. The van der Waals surface area contributed by atoms with Crippen molar-refractivity contribution in [1.29, 1.82) is 0 Å². The first kappa shape index (κ1) is 12.0. The SMILES string of the molecule is CNC(C)(C)C1CCN(C(C)(C)C)C1. The Hall–Kier alpha value is -0.0800. The van der Waals surface area contributed by atoms with E-state index in [1.165, 1.54) is 19.5 Å². The summed E-state index contributed by atoms with van der Waals surface area (Å²) in [6.07, 6.45) is 1.32. The molecule has 1 unspecified atom stereocenters. The van der Waals surface area contributed by atoms with Gasteiger partial charge in [-0.05, 0) is 60.5 Å². The largest absolute Gasteiger partial charge is 0.314 e. The third-order valence-electron chi connectivity index (χ3n) is 3.80. The topological polar surface area (TPSA) is 15.3 Å². The zero-order valence-electron chi connectivity index (χ0n) is 10.6. The second-order valence-corrected chi connectivity index (χ2v) is 6.07. The summed E-state index contributed by atoms with van der Waals surface area (Å²) >= 11 is 0. The molecule has 2 nitrogen and oxygen atoms in total. The van der Waals surface area contributed by atoms with E-state index in [1.54, 1.807) is 0 Å². The second-order valence-electron chi connectivity index (χ2n) is 6.07. The van der Waals surface area contributed by atoms with Crippen molar-refractivity contribution in [2.24, 2.45) is 5.92 Å². The van der Waals surface area contributed by atoms with E-state index in [2.05, 4.69) is 51.9 Å². The van der Waals surface area contributed by atoms with Crippen molar-refractivity contribution in [3.8, 4) is 0 Å². The Kier molecular flexibility index (Phi) is 3.27. The van der Waals surface area contributed by atoms with E-state index in [-0.39, 0.29) is 5.54 Å². The minimum absolute atomic E-state index is 0.278. The first-order chi connectivity index (χ1) is 6.27. The molecule has 1 atom stereocenters. The molecule has 84 valence electrons. The van der Waals surface area contributed by atoms with Crippen LogP contribution in [0.2, 0.25) is 0 Å². The zero-order valence-corrected chi connectivity index (χ0v) is 10.6. The zero-order chi connectivity index (χ0) is 11.0. The van der Waals surface area contributed by atoms with Gasteiger partial charge in [-0.2, -0.15) is 0 Å². The summed E-state index contributed by atoms with van der Waals surface area (Å²) in [5.74, 6) is 0.784. The van der Waals surface area contributed by atoms with Crippen molar-refractivity contribution in [3.05, 3.63) is 0 Å². The lowest BCUT2D eigenvalue weighted by atomic mass is 9.87. The Bertz CT molecular complexity index is 191. The van der Waals surface area contributed by atoms with E-state index in [9.17, 15) is 0 Å². The van der Waals surface area contributed by atoms with Gasteiger partial charge in [-0.15, -0.1) is 0 Å². The molecule has 0 aromatic carbocycles. The third kappa shape index (κ3) is 2.48. The second kappa shape index (κ2) is 3.82. The van der Waals surface area contributed by atoms with Gasteiger partial charge in [0, 0.05) is 17.6 Å². The maximum atomic E-state index is 3.43. The quantitative estimate of drug-likeness (QED) is 0.731. The highest BCUT2D eigenvalue weighted by Crippen LogP contribution is 2.30. The maximum Gasteiger partial charge on any atom is 0.0163 e. The van der Waals surface area contributed by atoms with E-state index < -0.39 is 0 Å². The number of likely N-dealkylation sites (tertiary alicyclic amines) is 1. The first-order valence-electron chi connectivity index (χ1n) is 5.71. The Morgan fingerprint density at radius 2 is 1.71 bits per heavy atom. The van der Waals surface area contributed by atoms with Crippen molar-refractivity contribution < 1.29 is 0 Å². The normalized spacial score (nSPS) is 25.7. The molecule has 1 fully saturated rings.